The summed E-state index contributed by atoms with van der Waals surface area (Å²) in [5.41, 5.74) is 0.912. The molecule has 0 atom stereocenters. The zero-order chi connectivity index (χ0) is 10.1. The van der Waals surface area contributed by atoms with E-state index in [1.807, 2.05) is 17.5 Å². The zero-order valence-electron chi connectivity index (χ0n) is 7.58. The second-order valence-electron chi connectivity index (χ2n) is 2.88. The number of fused-ring (bicyclic) bond motifs is 1. The Morgan fingerprint density at radius 3 is 2.93 bits per heavy atom. The Hall–Kier alpha value is -0.770. The molecule has 0 aliphatic heterocycles. The highest BCUT2D eigenvalue weighted by Gasteiger charge is 2.10. The van der Waals surface area contributed by atoms with Crippen LogP contribution in [0.5, 0.6) is 5.75 Å². The van der Waals surface area contributed by atoms with Crippen LogP contribution in [0, 0.1) is 0 Å². The number of ether oxygens (including phenoxy) is 1. The van der Waals surface area contributed by atoms with E-state index in [0.29, 0.717) is 10.8 Å². The zero-order valence-corrected chi connectivity index (χ0v) is 9.15. The molecule has 2 rings (SSSR count). The van der Waals surface area contributed by atoms with Gasteiger partial charge in [-0.25, -0.2) is 0 Å². The summed E-state index contributed by atoms with van der Waals surface area (Å²) in [7, 11) is 1.59. The van der Waals surface area contributed by atoms with Gasteiger partial charge in [0.25, 0.3) is 0 Å². The first-order chi connectivity index (χ1) is 6.77. The SMILES string of the molecule is COc1ccc2c(CO)csc2c1Cl. The number of aliphatic hydroxyl groups is 1. The lowest BCUT2D eigenvalue weighted by Gasteiger charge is -2.03. The summed E-state index contributed by atoms with van der Waals surface area (Å²) in [6, 6.07) is 3.73. The fourth-order valence-corrected chi connectivity index (χ4v) is 2.75. The molecule has 0 unspecified atom stereocenters. The molecular weight excluding hydrogens is 220 g/mol. The highest BCUT2D eigenvalue weighted by atomic mass is 35.5. The first kappa shape index (κ1) is 9.77. The van der Waals surface area contributed by atoms with Gasteiger partial charge in [0.2, 0.25) is 0 Å². The van der Waals surface area contributed by atoms with Crippen LogP contribution in [-0.2, 0) is 6.61 Å². The van der Waals surface area contributed by atoms with Crippen molar-refractivity contribution in [1.82, 2.24) is 0 Å². The van der Waals surface area contributed by atoms with E-state index in [0.717, 1.165) is 15.6 Å². The van der Waals surface area contributed by atoms with Crippen LogP contribution in [0.2, 0.25) is 5.02 Å². The third kappa shape index (κ3) is 1.38. The largest absolute Gasteiger partial charge is 0.495 e. The third-order valence-corrected chi connectivity index (χ3v) is 3.67. The van der Waals surface area contributed by atoms with Gasteiger partial charge in [0.05, 0.1) is 18.4 Å². The van der Waals surface area contributed by atoms with Gasteiger partial charge < -0.3 is 9.84 Å². The highest BCUT2D eigenvalue weighted by molar-refractivity contribution is 7.18. The van der Waals surface area contributed by atoms with Crippen LogP contribution in [0.1, 0.15) is 5.56 Å². The number of hydrogen-bond donors (Lipinski definition) is 1. The van der Waals surface area contributed by atoms with Gasteiger partial charge in [0.1, 0.15) is 10.8 Å². The number of halogens is 1. The van der Waals surface area contributed by atoms with Gasteiger partial charge in [-0.3, -0.25) is 0 Å². The minimum atomic E-state index is 0.0443. The van der Waals surface area contributed by atoms with Crippen molar-refractivity contribution < 1.29 is 9.84 Å². The minimum absolute atomic E-state index is 0.0443. The normalized spacial score (nSPS) is 10.8. The molecule has 1 N–H and O–H groups in total. The molecule has 1 heterocycles. The molecule has 0 radical (unpaired) electrons. The molecule has 74 valence electrons. The van der Waals surface area contributed by atoms with Crippen LogP contribution in [0.4, 0.5) is 0 Å². The van der Waals surface area contributed by atoms with Crippen molar-refractivity contribution in [2.45, 2.75) is 6.61 Å². The predicted molar refractivity (Wildman–Crippen MR) is 59.3 cm³/mol. The van der Waals surface area contributed by atoms with Gasteiger partial charge in [-0.2, -0.15) is 0 Å². The van der Waals surface area contributed by atoms with E-state index in [9.17, 15) is 0 Å². The van der Waals surface area contributed by atoms with E-state index in [-0.39, 0.29) is 6.61 Å². The summed E-state index contributed by atoms with van der Waals surface area (Å²) in [6.45, 7) is 0.0443. The van der Waals surface area contributed by atoms with Crippen LogP contribution in [-0.4, -0.2) is 12.2 Å². The van der Waals surface area contributed by atoms with Gasteiger partial charge in [-0.1, -0.05) is 11.6 Å². The van der Waals surface area contributed by atoms with E-state index < -0.39 is 0 Å². The molecule has 0 saturated heterocycles. The highest BCUT2D eigenvalue weighted by Crippen LogP contribution is 2.37. The van der Waals surface area contributed by atoms with E-state index in [1.54, 1.807) is 7.11 Å². The molecule has 0 aliphatic rings. The summed E-state index contributed by atoms with van der Waals surface area (Å²) in [4.78, 5) is 0. The topological polar surface area (TPSA) is 29.5 Å². The Labute approximate surface area is 90.7 Å². The van der Waals surface area contributed by atoms with E-state index in [1.165, 1.54) is 11.3 Å². The Morgan fingerprint density at radius 1 is 1.50 bits per heavy atom. The van der Waals surface area contributed by atoms with Gasteiger partial charge in [0, 0.05) is 0 Å². The van der Waals surface area contributed by atoms with E-state index >= 15 is 0 Å². The average molecular weight is 229 g/mol. The van der Waals surface area contributed by atoms with Gasteiger partial charge in [0.15, 0.2) is 0 Å². The van der Waals surface area contributed by atoms with Crippen LogP contribution in [0.15, 0.2) is 17.5 Å². The molecule has 2 nitrogen and oxygen atoms in total. The molecule has 1 aromatic heterocycles. The number of methoxy groups -OCH3 is 1. The fraction of sp³-hybridized carbons (Fsp3) is 0.200. The number of rotatable bonds is 2. The summed E-state index contributed by atoms with van der Waals surface area (Å²) in [5, 5.41) is 12.6. The van der Waals surface area contributed by atoms with Crippen LogP contribution >= 0.6 is 22.9 Å². The lowest BCUT2D eigenvalue weighted by Crippen LogP contribution is -1.84. The van der Waals surface area contributed by atoms with E-state index in [2.05, 4.69) is 0 Å². The molecule has 0 fully saturated rings. The van der Waals surface area contributed by atoms with Crippen molar-refractivity contribution in [1.29, 1.82) is 0 Å². The Morgan fingerprint density at radius 2 is 2.29 bits per heavy atom. The van der Waals surface area contributed by atoms with Crippen LogP contribution < -0.4 is 4.74 Å². The Kier molecular flexibility index (Phi) is 2.63. The Balaban J connectivity index is 2.72. The van der Waals surface area contributed by atoms with Crippen LogP contribution in [0.3, 0.4) is 0 Å². The maximum atomic E-state index is 9.07. The lowest BCUT2D eigenvalue weighted by molar-refractivity contribution is 0.284. The number of aliphatic hydroxyl groups excluding tert-OH is 1. The molecule has 14 heavy (non-hydrogen) atoms. The third-order valence-electron chi connectivity index (χ3n) is 2.12. The number of thiophene rings is 1. The molecule has 1 aromatic carbocycles. The van der Waals surface area contributed by atoms with Crippen molar-refractivity contribution >= 4 is 33.0 Å². The van der Waals surface area contributed by atoms with Crippen molar-refractivity contribution in [3.63, 3.8) is 0 Å². The molecule has 0 amide bonds. The second kappa shape index (κ2) is 3.77. The average Bonchev–Trinajstić information content (AvgIpc) is 2.62. The van der Waals surface area contributed by atoms with Crippen molar-refractivity contribution in [3.8, 4) is 5.75 Å². The standard InChI is InChI=1S/C10H9ClO2S/c1-13-8-3-2-7-6(4-12)5-14-10(7)9(8)11/h2-3,5,12H,4H2,1H3. The predicted octanol–water partition coefficient (Wildman–Crippen LogP) is 3.06. The van der Waals surface area contributed by atoms with E-state index in [4.69, 9.17) is 21.4 Å². The molecule has 0 spiro atoms. The maximum Gasteiger partial charge on any atom is 0.138 e. The molecule has 4 heteroatoms. The molecule has 2 aromatic rings. The van der Waals surface area contributed by atoms with Crippen molar-refractivity contribution in [3.05, 3.63) is 28.1 Å². The lowest BCUT2D eigenvalue weighted by atomic mass is 10.2. The summed E-state index contributed by atoms with van der Waals surface area (Å²) in [6.07, 6.45) is 0. The summed E-state index contributed by atoms with van der Waals surface area (Å²) < 4.78 is 6.08. The molecular formula is C10H9ClO2S. The molecule has 0 aliphatic carbocycles. The van der Waals surface area contributed by atoms with Crippen molar-refractivity contribution in [2.24, 2.45) is 0 Å². The quantitative estimate of drug-likeness (QED) is 0.856. The number of benzene rings is 1. The number of hydrogen-bond acceptors (Lipinski definition) is 3. The molecule has 0 bridgehead atoms. The Bertz CT molecular complexity index is 464. The summed E-state index contributed by atoms with van der Waals surface area (Å²) in [5.74, 6) is 0.672. The monoisotopic (exact) mass is 228 g/mol. The first-order valence-electron chi connectivity index (χ1n) is 4.11. The fourth-order valence-electron chi connectivity index (χ4n) is 1.38. The van der Waals surface area contributed by atoms with Crippen molar-refractivity contribution in [2.75, 3.05) is 7.11 Å². The smallest absolute Gasteiger partial charge is 0.138 e. The van der Waals surface area contributed by atoms with Gasteiger partial charge in [-0.05, 0) is 28.5 Å². The second-order valence-corrected chi connectivity index (χ2v) is 4.14. The van der Waals surface area contributed by atoms with Gasteiger partial charge >= 0.3 is 0 Å². The van der Waals surface area contributed by atoms with Gasteiger partial charge in [-0.15, -0.1) is 11.3 Å². The molecule has 0 saturated carbocycles. The maximum absolute atomic E-state index is 9.07. The van der Waals surface area contributed by atoms with Crippen LogP contribution in [0.25, 0.3) is 10.1 Å². The first-order valence-corrected chi connectivity index (χ1v) is 5.37. The summed E-state index contributed by atoms with van der Waals surface area (Å²) >= 11 is 7.64. The minimum Gasteiger partial charge on any atom is -0.495 e.